The molecule has 2 N–H and O–H groups in total. The molecule has 0 aliphatic carbocycles. The topological polar surface area (TPSA) is 72.4 Å². The molecule has 5 nitrogen and oxygen atoms in total. The molecular weight excluding hydrogens is 261 g/mol. The van der Waals surface area contributed by atoms with E-state index in [1.807, 2.05) is 0 Å². The van der Waals surface area contributed by atoms with Gasteiger partial charge >= 0.3 is 0 Å². The Hall–Kier alpha value is -2.21. The van der Waals surface area contributed by atoms with E-state index in [2.05, 4.69) is 5.16 Å². The standard InChI is InChI=1S/C14H14FN3O2/c15-11-4-2-1-3-9(11)14(19)18-6-5-13-10(8-18)12(7-16)17-20-13/h1-4H,5-8,16H2. The molecule has 3 rings (SSSR count). The maximum atomic E-state index is 13.7. The van der Waals surface area contributed by atoms with E-state index in [1.165, 1.54) is 12.1 Å². The average Bonchev–Trinajstić information content (AvgIpc) is 2.89. The Bertz CT molecular complexity index is 640. The van der Waals surface area contributed by atoms with Crippen molar-refractivity contribution < 1.29 is 13.7 Å². The fourth-order valence-electron chi connectivity index (χ4n) is 2.40. The summed E-state index contributed by atoms with van der Waals surface area (Å²) in [5, 5.41) is 3.89. The lowest BCUT2D eigenvalue weighted by atomic mass is 10.0. The van der Waals surface area contributed by atoms with Crippen molar-refractivity contribution in [2.24, 2.45) is 5.73 Å². The fourth-order valence-corrected chi connectivity index (χ4v) is 2.40. The summed E-state index contributed by atoms with van der Waals surface area (Å²) in [6, 6.07) is 5.99. The smallest absolute Gasteiger partial charge is 0.257 e. The molecule has 0 unspecified atom stereocenters. The van der Waals surface area contributed by atoms with Crippen LogP contribution in [0.1, 0.15) is 27.4 Å². The number of halogens is 1. The van der Waals surface area contributed by atoms with Crippen LogP contribution in [0.15, 0.2) is 28.8 Å². The zero-order chi connectivity index (χ0) is 14.1. The molecule has 20 heavy (non-hydrogen) atoms. The van der Waals surface area contributed by atoms with Crippen LogP contribution in [-0.4, -0.2) is 22.5 Å². The molecule has 0 radical (unpaired) electrons. The van der Waals surface area contributed by atoms with Gasteiger partial charge in [-0.05, 0) is 12.1 Å². The minimum Gasteiger partial charge on any atom is -0.361 e. The van der Waals surface area contributed by atoms with Crippen LogP contribution in [0.4, 0.5) is 4.39 Å². The second kappa shape index (κ2) is 5.05. The highest BCUT2D eigenvalue weighted by Gasteiger charge is 2.28. The van der Waals surface area contributed by atoms with Gasteiger partial charge in [0, 0.05) is 25.1 Å². The first kappa shape index (κ1) is 12.8. The molecule has 0 spiro atoms. The predicted octanol–water partition coefficient (Wildman–Crippen LogP) is 1.47. The van der Waals surface area contributed by atoms with Gasteiger partial charge in [0.15, 0.2) is 0 Å². The maximum Gasteiger partial charge on any atom is 0.257 e. The van der Waals surface area contributed by atoms with E-state index in [9.17, 15) is 9.18 Å². The lowest BCUT2D eigenvalue weighted by Crippen LogP contribution is -2.36. The SMILES string of the molecule is NCc1noc2c1CN(C(=O)c1ccccc1F)CC2. The third-order valence-corrected chi connectivity index (χ3v) is 3.49. The molecule has 1 amide bonds. The van der Waals surface area contributed by atoms with Crippen LogP contribution < -0.4 is 5.73 Å². The molecule has 1 aromatic heterocycles. The number of nitrogens with zero attached hydrogens (tertiary/aromatic N) is 2. The van der Waals surface area contributed by atoms with Gasteiger partial charge in [0.2, 0.25) is 0 Å². The second-order valence-electron chi connectivity index (χ2n) is 4.69. The van der Waals surface area contributed by atoms with Gasteiger partial charge in [-0.25, -0.2) is 4.39 Å². The van der Waals surface area contributed by atoms with Crippen LogP contribution in [0, 0.1) is 5.82 Å². The van der Waals surface area contributed by atoms with Crippen LogP contribution >= 0.6 is 0 Å². The Morgan fingerprint density at radius 1 is 1.45 bits per heavy atom. The van der Waals surface area contributed by atoms with Crippen molar-refractivity contribution >= 4 is 5.91 Å². The molecule has 0 fully saturated rings. The summed E-state index contributed by atoms with van der Waals surface area (Å²) < 4.78 is 18.9. The first-order valence-electron chi connectivity index (χ1n) is 6.41. The summed E-state index contributed by atoms with van der Waals surface area (Å²) in [6.45, 7) is 1.11. The molecule has 0 bridgehead atoms. The van der Waals surface area contributed by atoms with E-state index in [0.29, 0.717) is 25.2 Å². The summed E-state index contributed by atoms with van der Waals surface area (Å²) in [7, 11) is 0. The summed E-state index contributed by atoms with van der Waals surface area (Å²) in [4.78, 5) is 13.9. The first-order valence-corrected chi connectivity index (χ1v) is 6.41. The summed E-state index contributed by atoms with van der Waals surface area (Å²) in [5.41, 5.74) is 7.18. The second-order valence-corrected chi connectivity index (χ2v) is 4.69. The van der Waals surface area contributed by atoms with Crippen LogP contribution in [0.5, 0.6) is 0 Å². The fraction of sp³-hybridized carbons (Fsp3) is 0.286. The number of aromatic nitrogens is 1. The summed E-state index contributed by atoms with van der Waals surface area (Å²) in [6.07, 6.45) is 0.572. The number of fused-ring (bicyclic) bond motifs is 1. The van der Waals surface area contributed by atoms with Crippen LogP contribution in [0.2, 0.25) is 0 Å². The van der Waals surface area contributed by atoms with Gasteiger partial charge in [0.05, 0.1) is 12.1 Å². The maximum absolute atomic E-state index is 13.7. The van der Waals surface area contributed by atoms with Crippen molar-refractivity contribution in [2.75, 3.05) is 6.54 Å². The molecule has 6 heteroatoms. The van der Waals surface area contributed by atoms with Gasteiger partial charge < -0.3 is 15.2 Å². The highest BCUT2D eigenvalue weighted by atomic mass is 19.1. The lowest BCUT2D eigenvalue weighted by molar-refractivity contribution is 0.0724. The molecule has 104 valence electrons. The predicted molar refractivity (Wildman–Crippen MR) is 69.2 cm³/mol. The number of benzene rings is 1. The molecule has 0 saturated heterocycles. The highest BCUT2D eigenvalue weighted by Crippen LogP contribution is 2.24. The van der Waals surface area contributed by atoms with Crippen LogP contribution in [-0.2, 0) is 19.5 Å². The number of hydrogen-bond donors (Lipinski definition) is 1. The number of amides is 1. The Morgan fingerprint density at radius 2 is 2.25 bits per heavy atom. The Kier molecular flexibility index (Phi) is 3.23. The molecule has 0 saturated carbocycles. The van der Waals surface area contributed by atoms with Crippen molar-refractivity contribution in [3.05, 3.63) is 52.7 Å². The molecule has 1 aromatic carbocycles. The Labute approximate surface area is 115 Å². The summed E-state index contributed by atoms with van der Waals surface area (Å²) in [5.74, 6) is -0.0615. The molecule has 1 aliphatic heterocycles. The number of carbonyl (C=O) groups is 1. The van der Waals surface area contributed by atoms with Crippen molar-refractivity contribution in [1.82, 2.24) is 10.1 Å². The van der Waals surface area contributed by atoms with Gasteiger partial charge in [-0.2, -0.15) is 0 Å². The monoisotopic (exact) mass is 275 g/mol. The molecular formula is C14H14FN3O2. The van der Waals surface area contributed by atoms with Crippen molar-refractivity contribution in [1.29, 1.82) is 0 Å². The van der Waals surface area contributed by atoms with E-state index in [1.54, 1.807) is 17.0 Å². The normalized spacial score (nSPS) is 14.2. The van der Waals surface area contributed by atoms with E-state index in [0.717, 1.165) is 11.3 Å². The number of rotatable bonds is 2. The van der Waals surface area contributed by atoms with Gasteiger partial charge in [-0.3, -0.25) is 4.79 Å². The van der Waals surface area contributed by atoms with Gasteiger partial charge in [-0.15, -0.1) is 0 Å². The lowest BCUT2D eigenvalue weighted by Gasteiger charge is -2.26. The van der Waals surface area contributed by atoms with E-state index < -0.39 is 5.82 Å². The number of hydrogen-bond acceptors (Lipinski definition) is 4. The number of nitrogens with two attached hydrogens (primary N) is 1. The van der Waals surface area contributed by atoms with E-state index in [-0.39, 0.29) is 18.0 Å². The zero-order valence-corrected chi connectivity index (χ0v) is 10.8. The van der Waals surface area contributed by atoms with Crippen molar-refractivity contribution in [3.8, 4) is 0 Å². The first-order chi connectivity index (χ1) is 9.70. The van der Waals surface area contributed by atoms with Crippen LogP contribution in [0.25, 0.3) is 0 Å². The third kappa shape index (κ3) is 2.08. The minimum atomic E-state index is -0.507. The van der Waals surface area contributed by atoms with Crippen molar-refractivity contribution in [2.45, 2.75) is 19.5 Å². The number of carbonyl (C=O) groups excluding carboxylic acids is 1. The largest absolute Gasteiger partial charge is 0.361 e. The van der Waals surface area contributed by atoms with E-state index >= 15 is 0 Å². The van der Waals surface area contributed by atoms with Crippen molar-refractivity contribution in [3.63, 3.8) is 0 Å². The quantitative estimate of drug-likeness (QED) is 0.900. The minimum absolute atomic E-state index is 0.0849. The summed E-state index contributed by atoms with van der Waals surface area (Å²) >= 11 is 0. The van der Waals surface area contributed by atoms with Crippen LogP contribution in [0.3, 0.4) is 0 Å². The molecule has 2 aromatic rings. The van der Waals surface area contributed by atoms with Gasteiger partial charge in [-0.1, -0.05) is 17.3 Å². The van der Waals surface area contributed by atoms with Gasteiger partial charge in [0.25, 0.3) is 5.91 Å². The third-order valence-electron chi connectivity index (χ3n) is 3.49. The van der Waals surface area contributed by atoms with E-state index in [4.69, 9.17) is 10.3 Å². The average molecular weight is 275 g/mol. The highest BCUT2D eigenvalue weighted by molar-refractivity contribution is 5.94. The molecule has 0 atom stereocenters. The molecule has 1 aliphatic rings. The zero-order valence-electron chi connectivity index (χ0n) is 10.8. The molecule has 2 heterocycles. The van der Waals surface area contributed by atoms with Gasteiger partial charge in [0.1, 0.15) is 17.3 Å². The Balaban J connectivity index is 1.87. The Morgan fingerprint density at radius 3 is 3.00 bits per heavy atom.